The van der Waals surface area contributed by atoms with E-state index in [0.29, 0.717) is 5.92 Å². The van der Waals surface area contributed by atoms with Gasteiger partial charge in [0, 0.05) is 18.6 Å². The van der Waals surface area contributed by atoms with E-state index in [1.807, 2.05) is 20.9 Å². The summed E-state index contributed by atoms with van der Waals surface area (Å²) in [6.07, 6.45) is 1.43. The lowest BCUT2D eigenvalue weighted by atomic mass is 9.96. The molecule has 0 radical (unpaired) electrons. The smallest absolute Gasteiger partial charge is 0.305 e. The number of rotatable bonds is 5. The van der Waals surface area contributed by atoms with E-state index in [4.69, 9.17) is 5.11 Å². The molecule has 1 unspecified atom stereocenters. The van der Waals surface area contributed by atoms with Gasteiger partial charge in [0.25, 0.3) is 0 Å². The normalized spacial score (nSPS) is 22.9. The van der Waals surface area contributed by atoms with Crippen LogP contribution in [-0.2, 0) is 4.79 Å². The first kappa shape index (κ1) is 13.5. The number of nitrogens with zero attached hydrogens (tertiary/aromatic N) is 2. The lowest BCUT2D eigenvalue weighted by Gasteiger charge is -2.36. The highest BCUT2D eigenvalue weighted by atomic mass is 16.4. The number of hydrogen-bond donors (Lipinski definition) is 1. The minimum Gasteiger partial charge on any atom is -0.481 e. The molecule has 1 N–H and O–H groups in total. The Balaban J connectivity index is 2.44. The van der Waals surface area contributed by atoms with Crippen LogP contribution in [0.1, 0.15) is 26.7 Å². The molecule has 4 nitrogen and oxygen atoms in total. The van der Waals surface area contributed by atoms with Crippen LogP contribution in [0, 0.1) is 5.92 Å². The molecule has 1 rings (SSSR count). The number of likely N-dealkylation sites (tertiary alicyclic amines) is 1. The Kier molecular flexibility index (Phi) is 4.33. The predicted molar refractivity (Wildman–Crippen MR) is 64.6 cm³/mol. The van der Waals surface area contributed by atoms with Gasteiger partial charge in [-0.1, -0.05) is 0 Å². The van der Waals surface area contributed by atoms with Gasteiger partial charge in [-0.15, -0.1) is 0 Å². The molecule has 0 bridgehead atoms. The van der Waals surface area contributed by atoms with Gasteiger partial charge in [-0.3, -0.25) is 4.79 Å². The maximum Gasteiger partial charge on any atom is 0.305 e. The number of carboxylic acid groups (broad SMARTS) is 1. The summed E-state index contributed by atoms with van der Waals surface area (Å²) in [5.41, 5.74) is -0.257. The molecule has 0 spiro atoms. The molecular formula is C12H24N2O2. The van der Waals surface area contributed by atoms with Crippen LogP contribution in [0.25, 0.3) is 0 Å². The van der Waals surface area contributed by atoms with Crippen LogP contribution >= 0.6 is 0 Å². The first-order chi connectivity index (χ1) is 7.31. The number of hydrogen-bond acceptors (Lipinski definition) is 3. The quantitative estimate of drug-likeness (QED) is 0.766. The van der Waals surface area contributed by atoms with Crippen molar-refractivity contribution in [1.82, 2.24) is 9.80 Å². The van der Waals surface area contributed by atoms with Crippen molar-refractivity contribution in [3.05, 3.63) is 0 Å². The largest absolute Gasteiger partial charge is 0.481 e. The van der Waals surface area contributed by atoms with Crippen molar-refractivity contribution in [2.75, 3.05) is 33.7 Å². The first-order valence-corrected chi connectivity index (χ1v) is 5.93. The van der Waals surface area contributed by atoms with Gasteiger partial charge in [0.15, 0.2) is 0 Å². The zero-order valence-corrected chi connectivity index (χ0v) is 10.9. The van der Waals surface area contributed by atoms with Crippen LogP contribution in [0.5, 0.6) is 0 Å². The van der Waals surface area contributed by atoms with Gasteiger partial charge >= 0.3 is 5.97 Å². The molecule has 0 amide bonds. The maximum atomic E-state index is 10.8. The van der Waals surface area contributed by atoms with E-state index >= 15 is 0 Å². The van der Waals surface area contributed by atoms with Gasteiger partial charge in [0.05, 0.1) is 6.42 Å². The zero-order valence-electron chi connectivity index (χ0n) is 10.9. The van der Waals surface area contributed by atoms with Gasteiger partial charge in [-0.05, 0) is 46.8 Å². The number of carboxylic acids is 1. The van der Waals surface area contributed by atoms with Gasteiger partial charge < -0.3 is 14.9 Å². The van der Waals surface area contributed by atoms with Crippen LogP contribution in [0.4, 0.5) is 0 Å². The molecule has 16 heavy (non-hydrogen) atoms. The SMILES string of the molecule is CN1CCC(CN(C)C(C)(C)CC(=O)O)C1. The van der Waals surface area contributed by atoms with Crippen LogP contribution in [-0.4, -0.2) is 60.1 Å². The standard InChI is InChI=1S/C12H24N2O2/c1-12(2,7-11(15)16)14(4)9-10-5-6-13(3)8-10/h10H,5-9H2,1-4H3,(H,15,16). The molecule has 94 valence electrons. The molecule has 1 aliphatic rings. The predicted octanol–water partition coefficient (Wildman–Crippen LogP) is 1.12. The third-order valence-corrected chi connectivity index (χ3v) is 3.64. The molecule has 1 atom stereocenters. The lowest BCUT2D eigenvalue weighted by molar-refractivity contribution is -0.139. The molecule has 0 aliphatic carbocycles. The summed E-state index contributed by atoms with van der Waals surface area (Å²) in [7, 11) is 4.17. The second-order valence-electron chi connectivity index (χ2n) is 5.68. The van der Waals surface area contributed by atoms with Crippen LogP contribution < -0.4 is 0 Å². The second-order valence-corrected chi connectivity index (χ2v) is 5.68. The molecule has 1 heterocycles. The van der Waals surface area contributed by atoms with Gasteiger partial charge in [0.2, 0.25) is 0 Å². The lowest BCUT2D eigenvalue weighted by Crippen LogP contribution is -2.45. The highest BCUT2D eigenvalue weighted by Crippen LogP contribution is 2.22. The molecule has 0 aromatic carbocycles. The average molecular weight is 228 g/mol. The van der Waals surface area contributed by atoms with Gasteiger partial charge in [-0.2, -0.15) is 0 Å². The van der Waals surface area contributed by atoms with Crippen LogP contribution in [0.15, 0.2) is 0 Å². The zero-order chi connectivity index (χ0) is 12.3. The third kappa shape index (κ3) is 3.76. The minimum absolute atomic E-state index is 0.200. The fraction of sp³-hybridized carbons (Fsp3) is 0.917. The Hall–Kier alpha value is -0.610. The average Bonchev–Trinajstić information content (AvgIpc) is 2.48. The molecule has 4 heteroatoms. The van der Waals surface area contributed by atoms with Crippen molar-refractivity contribution in [2.45, 2.75) is 32.2 Å². The fourth-order valence-corrected chi connectivity index (χ4v) is 2.31. The third-order valence-electron chi connectivity index (χ3n) is 3.64. The van der Waals surface area contributed by atoms with Crippen molar-refractivity contribution < 1.29 is 9.90 Å². The Morgan fingerprint density at radius 2 is 2.19 bits per heavy atom. The van der Waals surface area contributed by atoms with E-state index in [1.165, 1.54) is 6.42 Å². The molecule has 1 saturated heterocycles. The van der Waals surface area contributed by atoms with Crippen LogP contribution in [0.2, 0.25) is 0 Å². The molecule has 1 aliphatic heterocycles. The molecule has 1 fully saturated rings. The van der Waals surface area contributed by atoms with E-state index in [0.717, 1.165) is 19.6 Å². The summed E-state index contributed by atoms with van der Waals surface area (Å²) in [6.45, 7) is 7.29. The highest BCUT2D eigenvalue weighted by Gasteiger charge is 2.30. The summed E-state index contributed by atoms with van der Waals surface area (Å²) in [6, 6.07) is 0. The van der Waals surface area contributed by atoms with E-state index in [2.05, 4.69) is 16.8 Å². The molecule has 0 aromatic heterocycles. The van der Waals surface area contributed by atoms with Gasteiger partial charge in [0.1, 0.15) is 0 Å². The monoisotopic (exact) mass is 228 g/mol. The Morgan fingerprint density at radius 1 is 1.56 bits per heavy atom. The number of carbonyl (C=O) groups is 1. The maximum absolute atomic E-state index is 10.8. The number of aliphatic carboxylic acids is 1. The Labute approximate surface area is 98.2 Å². The summed E-state index contributed by atoms with van der Waals surface area (Å²) in [5, 5.41) is 8.87. The summed E-state index contributed by atoms with van der Waals surface area (Å²) < 4.78 is 0. The van der Waals surface area contributed by atoms with E-state index in [-0.39, 0.29) is 12.0 Å². The van der Waals surface area contributed by atoms with E-state index < -0.39 is 5.97 Å². The van der Waals surface area contributed by atoms with E-state index in [1.54, 1.807) is 0 Å². The van der Waals surface area contributed by atoms with Crippen LogP contribution in [0.3, 0.4) is 0 Å². The van der Waals surface area contributed by atoms with E-state index in [9.17, 15) is 4.79 Å². The highest BCUT2D eigenvalue weighted by molar-refractivity contribution is 5.68. The molecule has 0 aromatic rings. The van der Waals surface area contributed by atoms with Crippen molar-refractivity contribution in [1.29, 1.82) is 0 Å². The van der Waals surface area contributed by atoms with Crippen molar-refractivity contribution in [2.24, 2.45) is 5.92 Å². The molecular weight excluding hydrogens is 204 g/mol. The molecule has 0 saturated carbocycles. The summed E-state index contributed by atoms with van der Waals surface area (Å²) in [5.74, 6) is -0.0385. The van der Waals surface area contributed by atoms with Crippen molar-refractivity contribution in [3.63, 3.8) is 0 Å². The topological polar surface area (TPSA) is 43.8 Å². The van der Waals surface area contributed by atoms with Crippen molar-refractivity contribution >= 4 is 5.97 Å². The minimum atomic E-state index is -0.722. The Bertz CT molecular complexity index is 253. The van der Waals surface area contributed by atoms with Gasteiger partial charge in [-0.25, -0.2) is 0 Å². The Morgan fingerprint density at radius 3 is 2.62 bits per heavy atom. The first-order valence-electron chi connectivity index (χ1n) is 5.93. The summed E-state index contributed by atoms with van der Waals surface area (Å²) in [4.78, 5) is 15.3. The second kappa shape index (κ2) is 5.15. The summed E-state index contributed by atoms with van der Waals surface area (Å²) >= 11 is 0. The van der Waals surface area contributed by atoms with Crippen molar-refractivity contribution in [3.8, 4) is 0 Å². The fourth-order valence-electron chi connectivity index (χ4n) is 2.31.